The molecule has 1 atom stereocenters. The van der Waals surface area contributed by atoms with E-state index in [1.54, 1.807) is 0 Å². The van der Waals surface area contributed by atoms with Crippen molar-refractivity contribution in [3.05, 3.63) is 63.4 Å². The van der Waals surface area contributed by atoms with Gasteiger partial charge in [-0.25, -0.2) is 4.39 Å². The van der Waals surface area contributed by atoms with Crippen LogP contribution in [0.4, 0.5) is 10.1 Å². The normalized spacial score (nSPS) is 11.8. The maximum absolute atomic E-state index is 13.5. The molecule has 0 aromatic heterocycles. The van der Waals surface area contributed by atoms with Crippen LogP contribution in [0.1, 0.15) is 24.1 Å². The largest absolute Gasteiger partial charge is 0.378 e. The highest BCUT2D eigenvalue weighted by molar-refractivity contribution is 6.35. The molecular weight excluding hydrogens is 296 g/mol. The molecule has 0 bridgehead atoms. The van der Waals surface area contributed by atoms with Crippen molar-refractivity contribution in [2.24, 2.45) is 0 Å². The average Bonchev–Trinajstić information content (AvgIpc) is 2.43. The van der Waals surface area contributed by atoms with Crippen LogP contribution >= 0.6 is 23.2 Å². The summed E-state index contributed by atoms with van der Waals surface area (Å²) in [5.74, 6) is 2.08. The molecule has 0 saturated heterocycles. The summed E-state index contributed by atoms with van der Waals surface area (Å²) >= 11 is 11.8. The molecule has 1 nitrogen and oxygen atoms in total. The minimum atomic E-state index is -0.489. The van der Waals surface area contributed by atoms with Gasteiger partial charge >= 0.3 is 0 Å². The number of hydrogen-bond acceptors (Lipinski definition) is 1. The van der Waals surface area contributed by atoms with Crippen molar-refractivity contribution in [2.75, 3.05) is 5.32 Å². The Kier molecular flexibility index (Phi) is 4.54. The van der Waals surface area contributed by atoms with Gasteiger partial charge in [-0.1, -0.05) is 35.2 Å². The van der Waals surface area contributed by atoms with Crippen LogP contribution in [-0.2, 0) is 0 Å². The van der Waals surface area contributed by atoms with E-state index in [-0.39, 0.29) is 11.1 Å². The fourth-order valence-electron chi connectivity index (χ4n) is 1.90. The molecule has 4 heteroatoms. The molecule has 102 valence electrons. The van der Waals surface area contributed by atoms with Crippen LogP contribution in [0.15, 0.2) is 36.4 Å². The van der Waals surface area contributed by atoms with Crippen LogP contribution in [0.25, 0.3) is 0 Å². The van der Waals surface area contributed by atoms with E-state index in [4.69, 9.17) is 29.6 Å². The molecule has 0 saturated carbocycles. The van der Waals surface area contributed by atoms with Gasteiger partial charge in [0.05, 0.1) is 11.1 Å². The second-order valence-electron chi connectivity index (χ2n) is 4.38. The fourth-order valence-corrected chi connectivity index (χ4v) is 2.44. The van der Waals surface area contributed by atoms with Crippen molar-refractivity contribution < 1.29 is 4.39 Å². The lowest BCUT2D eigenvalue weighted by Crippen LogP contribution is -2.08. The maximum Gasteiger partial charge on any atom is 0.142 e. The number of nitrogens with one attached hydrogen (secondary N) is 1. The van der Waals surface area contributed by atoms with E-state index in [0.29, 0.717) is 10.6 Å². The summed E-state index contributed by atoms with van der Waals surface area (Å²) in [6.07, 6.45) is 5.36. The first kappa shape index (κ1) is 14.7. The van der Waals surface area contributed by atoms with Crippen molar-refractivity contribution in [1.29, 1.82) is 0 Å². The molecule has 2 aromatic rings. The van der Waals surface area contributed by atoms with Crippen molar-refractivity contribution in [1.82, 2.24) is 0 Å². The van der Waals surface area contributed by atoms with Gasteiger partial charge < -0.3 is 5.32 Å². The van der Waals surface area contributed by atoms with Crippen molar-refractivity contribution in [3.63, 3.8) is 0 Å². The molecule has 0 spiro atoms. The number of benzene rings is 2. The van der Waals surface area contributed by atoms with E-state index < -0.39 is 5.82 Å². The molecule has 0 heterocycles. The van der Waals surface area contributed by atoms with Crippen LogP contribution in [0.3, 0.4) is 0 Å². The van der Waals surface area contributed by atoms with Crippen LogP contribution < -0.4 is 5.32 Å². The zero-order chi connectivity index (χ0) is 14.7. The van der Waals surface area contributed by atoms with E-state index in [1.807, 2.05) is 31.2 Å². The lowest BCUT2D eigenvalue weighted by atomic mass is 10.1. The molecular formula is C16H12Cl2FN. The van der Waals surface area contributed by atoms with E-state index >= 15 is 0 Å². The second kappa shape index (κ2) is 6.17. The van der Waals surface area contributed by atoms with E-state index in [0.717, 1.165) is 11.3 Å². The Bertz CT molecular complexity index is 677. The summed E-state index contributed by atoms with van der Waals surface area (Å²) in [5, 5.41) is 3.67. The standard InChI is InChI=1S/C16H12Cl2FN/c1-3-11-5-4-6-12(7-11)20-10(2)13-8-16(19)15(18)9-14(13)17/h1,4-10,20H,2H3. The summed E-state index contributed by atoms with van der Waals surface area (Å²) in [7, 11) is 0. The lowest BCUT2D eigenvalue weighted by Gasteiger charge is -2.17. The van der Waals surface area contributed by atoms with Crippen molar-refractivity contribution in [3.8, 4) is 12.3 Å². The Balaban J connectivity index is 2.26. The van der Waals surface area contributed by atoms with Crippen LogP contribution in [0.2, 0.25) is 10.0 Å². The summed E-state index contributed by atoms with van der Waals surface area (Å²) in [4.78, 5) is 0. The van der Waals surface area contributed by atoms with Gasteiger partial charge in [-0.15, -0.1) is 6.42 Å². The topological polar surface area (TPSA) is 12.0 Å². The van der Waals surface area contributed by atoms with Crippen molar-refractivity contribution >= 4 is 28.9 Å². The molecule has 0 fully saturated rings. The Morgan fingerprint density at radius 3 is 2.65 bits per heavy atom. The molecule has 0 aliphatic carbocycles. The highest BCUT2D eigenvalue weighted by atomic mass is 35.5. The monoisotopic (exact) mass is 307 g/mol. The molecule has 0 radical (unpaired) electrons. The van der Waals surface area contributed by atoms with Crippen LogP contribution in [0.5, 0.6) is 0 Å². The average molecular weight is 308 g/mol. The Morgan fingerprint density at radius 1 is 1.20 bits per heavy atom. The first-order valence-corrected chi connectivity index (χ1v) is 6.74. The minimum Gasteiger partial charge on any atom is -0.378 e. The zero-order valence-electron chi connectivity index (χ0n) is 10.8. The summed E-state index contributed by atoms with van der Waals surface area (Å²) < 4.78 is 13.5. The second-order valence-corrected chi connectivity index (χ2v) is 5.19. The molecule has 1 N–H and O–H groups in total. The fraction of sp³-hybridized carbons (Fsp3) is 0.125. The number of terminal acetylenes is 1. The van der Waals surface area contributed by atoms with Gasteiger partial charge in [-0.3, -0.25) is 0 Å². The third-order valence-electron chi connectivity index (χ3n) is 2.92. The zero-order valence-corrected chi connectivity index (χ0v) is 12.3. The van der Waals surface area contributed by atoms with Gasteiger partial charge in [0.2, 0.25) is 0 Å². The first-order valence-electron chi connectivity index (χ1n) is 5.99. The first-order chi connectivity index (χ1) is 9.51. The Hall–Kier alpha value is -1.69. The SMILES string of the molecule is C#Cc1cccc(NC(C)c2cc(F)c(Cl)cc2Cl)c1. The Morgan fingerprint density at radius 2 is 1.95 bits per heavy atom. The Labute approximate surface area is 127 Å². The molecule has 0 aliphatic heterocycles. The molecule has 0 aliphatic rings. The van der Waals surface area contributed by atoms with E-state index in [2.05, 4.69) is 11.2 Å². The summed E-state index contributed by atoms with van der Waals surface area (Å²) in [6, 6.07) is 9.99. The highest BCUT2D eigenvalue weighted by Crippen LogP contribution is 2.30. The number of rotatable bonds is 3. The predicted molar refractivity (Wildman–Crippen MR) is 82.8 cm³/mol. The summed E-state index contributed by atoms with van der Waals surface area (Å²) in [5.41, 5.74) is 2.26. The number of halogens is 3. The van der Waals surface area contributed by atoms with E-state index in [1.165, 1.54) is 12.1 Å². The number of anilines is 1. The maximum atomic E-state index is 13.5. The molecule has 20 heavy (non-hydrogen) atoms. The van der Waals surface area contributed by atoms with Gasteiger partial charge in [-0.2, -0.15) is 0 Å². The molecule has 2 aromatic carbocycles. The van der Waals surface area contributed by atoms with Crippen LogP contribution in [-0.4, -0.2) is 0 Å². The smallest absolute Gasteiger partial charge is 0.142 e. The predicted octanol–water partition coefficient (Wildman–Crippen LogP) is 5.29. The third kappa shape index (κ3) is 3.25. The lowest BCUT2D eigenvalue weighted by molar-refractivity contribution is 0.624. The van der Waals surface area contributed by atoms with Gasteiger partial charge in [0, 0.05) is 16.3 Å². The summed E-state index contributed by atoms with van der Waals surface area (Å²) in [6.45, 7) is 1.89. The van der Waals surface area contributed by atoms with Crippen LogP contribution in [0, 0.1) is 18.2 Å². The van der Waals surface area contributed by atoms with Gasteiger partial charge in [0.1, 0.15) is 5.82 Å². The molecule has 0 amide bonds. The quantitative estimate of drug-likeness (QED) is 0.600. The number of hydrogen-bond donors (Lipinski definition) is 1. The van der Waals surface area contributed by atoms with Crippen molar-refractivity contribution in [2.45, 2.75) is 13.0 Å². The molecule has 1 unspecified atom stereocenters. The third-order valence-corrected chi connectivity index (χ3v) is 3.54. The van der Waals surface area contributed by atoms with Gasteiger partial charge in [-0.05, 0) is 42.8 Å². The van der Waals surface area contributed by atoms with Gasteiger partial charge in [0.25, 0.3) is 0 Å². The highest BCUT2D eigenvalue weighted by Gasteiger charge is 2.13. The molecule has 2 rings (SSSR count). The van der Waals surface area contributed by atoms with E-state index in [9.17, 15) is 4.39 Å². The minimum absolute atomic E-state index is 0.0141. The van der Waals surface area contributed by atoms with Gasteiger partial charge in [0.15, 0.2) is 0 Å².